The van der Waals surface area contributed by atoms with Crippen molar-refractivity contribution in [2.45, 2.75) is 37.0 Å². The first kappa shape index (κ1) is 12.7. The fraction of sp³-hybridized carbons (Fsp3) is 0.700. The molecule has 0 aliphatic heterocycles. The molecule has 1 aliphatic carbocycles. The van der Waals surface area contributed by atoms with Crippen LogP contribution in [0.15, 0.2) is 0 Å². The van der Waals surface area contributed by atoms with Gasteiger partial charge in [0.2, 0.25) is 17.2 Å². The van der Waals surface area contributed by atoms with Crippen molar-refractivity contribution in [2.24, 2.45) is 0 Å². The van der Waals surface area contributed by atoms with E-state index >= 15 is 0 Å². The van der Waals surface area contributed by atoms with Crippen LogP contribution in [0.25, 0.3) is 0 Å². The van der Waals surface area contributed by atoms with Gasteiger partial charge >= 0.3 is 0 Å². The van der Waals surface area contributed by atoms with Crippen LogP contribution in [0.1, 0.15) is 25.7 Å². The number of nitrogen functional groups attached to an aromatic ring is 1. The van der Waals surface area contributed by atoms with Crippen LogP contribution in [-0.4, -0.2) is 32.5 Å². The van der Waals surface area contributed by atoms with Crippen LogP contribution in [0.5, 0.6) is 0 Å². The number of rotatable bonds is 3. The van der Waals surface area contributed by atoms with Crippen molar-refractivity contribution < 1.29 is 0 Å². The first-order chi connectivity index (χ1) is 8.17. The Kier molecular flexibility index (Phi) is 4.28. The van der Waals surface area contributed by atoms with Crippen molar-refractivity contribution in [1.82, 2.24) is 15.0 Å². The molecule has 5 nitrogen and oxygen atoms in total. The van der Waals surface area contributed by atoms with Crippen molar-refractivity contribution in [1.29, 1.82) is 0 Å². The highest BCUT2D eigenvalue weighted by molar-refractivity contribution is 7.99. The standard InChI is InChI=1S/C10H16ClN5S/c1-17-7-4-2-3-6(5-7)13-10-15-8(11)14-9(12)16-10/h6-7H,2-5H2,1H3,(H3,12,13,14,15,16). The summed E-state index contributed by atoms with van der Waals surface area (Å²) >= 11 is 7.66. The Balaban J connectivity index is 2.00. The van der Waals surface area contributed by atoms with Crippen LogP contribution in [0.2, 0.25) is 5.28 Å². The van der Waals surface area contributed by atoms with Gasteiger partial charge in [-0.1, -0.05) is 6.42 Å². The highest BCUT2D eigenvalue weighted by Crippen LogP contribution is 2.28. The second-order valence-corrected chi connectivity index (χ2v) is 5.63. The maximum atomic E-state index is 5.74. The Morgan fingerprint density at radius 3 is 2.88 bits per heavy atom. The number of hydrogen-bond acceptors (Lipinski definition) is 6. The molecule has 94 valence electrons. The number of nitrogens with one attached hydrogen (secondary N) is 1. The maximum Gasteiger partial charge on any atom is 0.229 e. The lowest BCUT2D eigenvalue weighted by Crippen LogP contribution is -2.29. The molecular formula is C10H16ClN5S. The molecule has 3 N–H and O–H groups in total. The summed E-state index contributed by atoms with van der Waals surface area (Å²) in [5, 5.41) is 4.14. The molecule has 1 heterocycles. The molecule has 1 saturated carbocycles. The molecule has 0 bridgehead atoms. The number of halogens is 1. The van der Waals surface area contributed by atoms with E-state index in [1.54, 1.807) is 0 Å². The zero-order chi connectivity index (χ0) is 12.3. The molecule has 1 aromatic heterocycles. The van der Waals surface area contributed by atoms with Gasteiger partial charge in [0.25, 0.3) is 0 Å². The highest BCUT2D eigenvalue weighted by atomic mass is 35.5. The Labute approximate surface area is 110 Å². The predicted molar refractivity (Wildman–Crippen MR) is 72.4 cm³/mol. The number of aromatic nitrogens is 3. The van der Waals surface area contributed by atoms with E-state index in [4.69, 9.17) is 17.3 Å². The summed E-state index contributed by atoms with van der Waals surface area (Å²) in [5.74, 6) is 0.638. The van der Waals surface area contributed by atoms with E-state index in [2.05, 4.69) is 26.5 Å². The SMILES string of the molecule is CSC1CCCC(Nc2nc(N)nc(Cl)n2)C1. The molecule has 1 aromatic rings. The lowest BCUT2D eigenvalue weighted by molar-refractivity contribution is 0.471. The predicted octanol–water partition coefficient (Wildman–Crippen LogP) is 2.19. The first-order valence-corrected chi connectivity index (χ1v) is 7.30. The number of thioether (sulfide) groups is 1. The van der Waals surface area contributed by atoms with Gasteiger partial charge in [0.05, 0.1) is 0 Å². The summed E-state index contributed by atoms with van der Waals surface area (Å²) in [6, 6.07) is 0.402. The maximum absolute atomic E-state index is 5.74. The second-order valence-electron chi connectivity index (χ2n) is 4.15. The lowest BCUT2D eigenvalue weighted by Gasteiger charge is -2.28. The topological polar surface area (TPSA) is 76.7 Å². The van der Waals surface area contributed by atoms with Gasteiger partial charge in [-0.3, -0.25) is 0 Å². The Bertz CT molecular complexity index is 369. The number of nitrogens with zero attached hydrogens (tertiary/aromatic N) is 3. The number of nitrogens with two attached hydrogens (primary N) is 1. The normalized spacial score (nSPS) is 24.6. The van der Waals surface area contributed by atoms with Crippen LogP contribution in [0, 0.1) is 0 Å². The minimum Gasteiger partial charge on any atom is -0.368 e. The van der Waals surface area contributed by atoms with Crippen molar-refractivity contribution >= 4 is 35.3 Å². The van der Waals surface area contributed by atoms with E-state index in [9.17, 15) is 0 Å². The summed E-state index contributed by atoms with van der Waals surface area (Å²) in [5.41, 5.74) is 5.53. The molecule has 0 amide bonds. The van der Waals surface area contributed by atoms with Crippen molar-refractivity contribution in [3.05, 3.63) is 5.28 Å². The summed E-state index contributed by atoms with van der Waals surface area (Å²) in [6.45, 7) is 0. The van der Waals surface area contributed by atoms with E-state index in [0.29, 0.717) is 12.0 Å². The summed E-state index contributed by atoms with van der Waals surface area (Å²) in [6.07, 6.45) is 6.95. The van der Waals surface area contributed by atoms with Gasteiger partial charge in [0.1, 0.15) is 0 Å². The quantitative estimate of drug-likeness (QED) is 0.879. The van der Waals surface area contributed by atoms with Crippen LogP contribution < -0.4 is 11.1 Å². The van der Waals surface area contributed by atoms with Gasteiger partial charge in [-0.05, 0) is 37.1 Å². The van der Waals surface area contributed by atoms with Gasteiger partial charge in [-0.15, -0.1) is 0 Å². The second kappa shape index (κ2) is 5.73. The average molecular weight is 274 g/mol. The van der Waals surface area contributed by atoms with E-state index in [1.165, 1.54) is 12.8 Å². The molecule has 0 radical (unpaired) electrons. The molecule has 17 heavy (non-hydrogen) atoms. The van der Waals surface area contributed by atoms with E-state index < -0.39 is 0 Å². The minimum atomic E-state index is 0.136. The third kappa shape index (κ3) is 3.61. The zero-order valence-electron chi connectivity index (χ0n) is 9.69. The molecule has 2 atom stereocenters. The van der Waals surface area contributed by atoms with E-state index in [0.717, 1.165) is 18.1 Å². The summed E-state index contributed by atoms with van der Waals surface area (Å²) in [7, 11) is 0. The van der Waals surface area contributed by atoms with Gasteiger partial charge in [-0.25, -0.2) is 0 Å². The summed E-state index contributed by atoms with van der Waals surface area (Å²) < 4.78 is 0. The molecule has 0 saturated heterocycles. The third-order valence-corrected chi connectivity index (χ3v) is 4.18. The zero-order valence-corrected chi connectivity index (χ0v) is 11.3. The number of hydrogen-bond donors (Lipinski definition) is 2. The Hall–Kier alpha value is -0.750. The molecule has 2 unspecified atom stereocenters. The van der Waals surface area contributed by atoms with E-state index in [1.807, 2.05) is 11.8 Å². The largest absolute Gasteiger partial charge is 0.368 e. The van der Waals surface area contributed by atoms with Crippen molar-refractivity contribution in [3.63, 3.8) is 0 Å². The van der Waals surface area contributed by atoms with E-state index in [-0.39, 0.29) is 11.2 Å². The highest BCUT2D eigenvalue weighted by Gasteiger charge is 2.21. The monoisotopic (exact) mass is 273 g/mol. The van der Waals surface area contributed by atoms with Gasteiger partial charge < -0.3 is 11.1 Å². The Morgan fingerprint density at radius 2 is 2.18 bits per heavy atom. The third-order valence-electron chi connectivity index (χ3n) is 2.92. The van der Waals surface area contributed by atoms with Crippen LogP contribution in [0.4, 0.5) is 11.9 Å². The average Bonchev–Trinajstić information content (AvgIpc) is 2.28. The Morgan fingerprint density at radius 1 is 1.35 bits per heavy atom. The molecule has 1 fully saturated rings. The van der Waals surface area contributed by atoms with Crippen LogP contribution >= 0.6 is 23.4 Å². The van der Waals surface area contributed by atoms with Crippen molar-refractivity contribution in [2.75, 3.05) is 17.3 Å². The lowest BCUT2D eigenvalue weighted by atomic mass is 9.95. The van der Waals surface area contributed by atoms with Gasteiger partial charge in [-0.2, -0.15) is 26.7 Å². The molecule has 1 aliphatic rings. The van der Waals surface area contributed by atoms with Crippen LogP contribution in [0.3, 0.4) is 0 Å². The minimum absolute atomic E-state index is 0.136. The first-order valence-electron chi connectivity index (χ1n) is 5.63. The van der Waals surface area contributed by atoms with Gasteiger partial charge in [0.15, 0.2) is 0 Å². The molecule has 0 aromatic carbocycles. The molecule has 0 spiro atoms. The summed E-state index contributed by atoms with van der Waals surface area (Å²) in [4.78, 5) is 11.8. The van der Waals surface area contributed by atoms with Gasteiger partial charge in [0, 0.05) is 11.3 Å². The molecular weight excluding hydrogens is 258 g/mol. The molecule has 2 rings (SSSR count). The fourth-order valence-corrected chi connectivity index (χ4v) is 3.10. The number of anilines is 2. The fourth-order valence-electron chi connectivity index (χ4n) is 2.10. The van der Waals surface area contributed by atoms with Crippen molar-refractivity contribution in [3.8, 4) is 0 Å². The van der Waals surface area contributed by atoms with Crippen LogP contribution in [-0.2, 0) is 0 Å². The smallest absolute Gasteiger partial charge is 0.229 e. The molecule has 7 heteroatoms.